The second-order valence-corrected chi connectivity index (χ2v) is 6.88. The topological polar surface area (TPSA) is 64.4 Å². The van der Waals surface area contributed by atoms with Crippen molar-refractivity contribution in [1.29, 1.82) is 0 Å². The van der Waals surface area contributed by atoms with Crippen LogP contribution in [0, 0.1) is 13.8 Å². The molecule has 142 valence electrons. The molecule has 0 saturated heterocycles. The number of hydrogen-bond donors (Lipinski definition) is 1. The highest BCUT2D eigenvalue weighted by molar-refractivity contribution is 6.33. The van der Waals surface area contributed by atoms with Crippen LogP contribution in [-0.2, 0) is 4.79 Å². The molecule has 0 spiro atoms. The van der Waals surface area contributed by atoms with Crippen molar-refractivity contribution in [1.82, 2.24) is 4.98 Å². The van der Waals surface area contributed by atoms with Gasteiger partial charge >= 0.3 is 0 Å². The quantitative estimate of drug-likeness (QED) is 0.532. The molecule has 0 aliphatic rings. The van der Waals surface area contributed by atoms with Crippen LogP contribution in [0.25, 0.3) is 22.6 Å². The van der Waals surface area contributed by atoms with E-state index in [1.807, 2.05) is 56.3 Å². The summed E-state index contributed by atoms with van der Waals surface area (Å²) in [6.07, 6.45) is 0. The maximum absolute atomic E-state index is 12.2. The minimum atomic E-state index is -0.228. The van der Waals surface area contributed by atoms with Crippen LogP contribution in [0.2, 0.25) is 0 Å². The van der Waals surface area contributed by atoms with Gasteiger partial charge in [-0.05, 0) is 61.4 Å². The van der Waals surface area contributed by atoms with Gasteiger partial charge in [0, 0.05) is 11.3 Å². The molecule has 5 nitrogen and oxygen atoms in total. The first-order chi connectivity index (χ1) is 14.0. The Kier molecular flexibility index (Phi) is 5.08. The third kappa shape index (κ3) is 4.16. The summed E-state index contributed by atoms with van der Waals surface area (Å²) in [5.41, 5.74) is 5.51. The molecule has 0 bridgehead atoms. The number of fused-ring (bicyclic) bond motifs is 1. The SMILES string of the molecule is [B]c1cc(C)c2oc(-c3ccc(NC(=O)COc4ccccc4C)cc3)nc2c1. The summed E-state index contributed by atoms with van der Waals surface area (Å²) >= 11 is 0. The van der Waals surface area contributed by atoms with Crippen molar-refractivity contribution in [3.63, 3.8) is 0 Å². The minimum absolute atomic E-state index is 0.0571. The van der Waals surface area contributed by atoms with E-state index in [0.29, 0.717) is 22.8 Å². The largest absolute Gasteiger partial charge is 0.483 e. The Balaban J connectivity index is 1.43. The number of nitrogens with one attached hydrogen (secondary N) is 1. The van der Waals surface area contributed by atoms with Crippen molar-refractivity contribution >= 4 is 36.0 Å². The van der Waals surface area contributed by atoms with Gasteiger partial charge in [0.25, 0.3) is 5.91 Å². The van der Waals surface area contributed by atoms with Crippen LogP contribution >= 0.6 is 0 Å². The predicted octanol–water partition coefficient (Wildman–Crippen LogP) is 3.92. The van der Waals surface area contributed by atoms with Crippen LogP contribution in [-0.4, -0.2) is 25.3 Å². The lowest BCUT2D eigenvalue weighted by Gasteiger charge is -2.09. The minimum Gasteiger partial charge on any atom is -0.483 e. The van der Waals surface area contributed by atoms with Gasteiger partial charge in [-0.1, -0.05) is 29.7 Å². The molecular formula is C23H19BN2O3. The Morgan fingerprint density at radius 1 is 1.07 bits per heavy atom. The molecule has 2 radical (unpaired) electrons. The summed E-state index contributed by atoms with van der Waals surface area (Å²) in [5, 5.41) is 2.82. The van der Waals surface area contributed by atoms with Gasteiger partial charge in [-0.3, -0.25) is 4.79 Å². The number of carbonyl (C=O) groups excluding carboxylic acids is 1. The van der Waals surface area contributed by atoms with Crippen molar-refractivity contribution in [2.75, 3.05) is 11.9 Å². The molecule has 29 heavy (non-hydrogen) atoms. The van der Waals surface area contributed by atoms with Gasteiger partial charge in [0.2, 0.25) is 5.89 Å². The zero-order chi connectivity index (χ0) is 20.4. The molecule has 0 saturated carbocycles. The van der Waals surface area contributed by atoms with E-state index in [1.54, 1.807) is 18.2 Å². The van der Waals surface area contributed by atoms with Gasteiger partial charge in [0.05, 0.1) is 0 Å². The molecule has 0 aliphatic carbocycles. The highest BCUT2D eigenvalue weighted by Crippen LogP contribution is 2.26. The van der Waals surface area contributed by atoms with Crippen molar-refractivity contribution in [2.45, 2.75) is 13.8 Å². The number of amides is 1. The Morgan fingerprint density at radius 3 is 2.59 bits per heavy atom. The molecule has 3 aromatic carbocycles. The number of rotatable bonds is 5. The molecule has 0 unspecified atom stereocenters. The van der Waals surface area contributed by atoms with Gasteiger partial charge in [0.15, 0.2) is 12.2 Å². The summed E-state index contributed by atoms with van der Waals surface area (Å²) in [6.45, 7) is 3.82. The lowest BCUT2D eigenvalue weighted by Crippen LogP contribution is -2.20. The van der Waals surface area contributed by atoms with Crippen LogP contribution < -0.4 is 15.5 Å². The number of oxazole rings is 1. The number of carbonyl (C=O) groups is 1. The van der Waals surface area contributed by atoms with Gasteiger partial charge in [0.1, 0.15) is 19.1 Å². The summed E-state index contributed by atoms with van der Waals surface area (Å²) < 4.78 is 11.5. The summed E-state index contributed by atoms with van der Waals surface area (Å²) in [5.74, 6) is 0.980. The molecule has 4 rings (SSSR count). The van der Waals surface area contributed by atoms with Crippen molar-refractivity contribution < 1.29 is 13.9 Å². The van der Waals surface area contributed by atoms with Crippen LogP contribution in [0.1, 0.15) is 11.1 Å². The number of aromatic nitrogens is 1. The number of hydrogen-bond acceptors (Lipinski definition) is 4. The molecule has 1 N–H and O–H groups in total. The van der Waals surface area contributed by atoms with Crippen LogP contribution in [0.3, 0.4) is 0 Å². The third-order valence-electron chi connectivity index (χ3n) is 4.57. The molecule has 1 aromatic heterocycles. The van der Waals surface area contributed by atoms with E-state index in [2.05, 4.69) is 10.3 Å². The molecule has 0 atom stereocenters. The van der Waals surface area contributed by atoms with Crippen molar-refractivity contribution in [2.24, 2.45) is 0 Å². The molecule has 1 amide bonds. The van der Waals surface area contributed by atoms with Crippen molar-refractivity contribution in [3.8, 4) is 17.2 Å². The Bertz CT molecular complexity index is 1180. The van der Waals surface area contributed by atoms with Gasteiger partial charge < -0.3 is 14.5 Å². The highest BCUT2D eigenvalue weighted by Gasteiger charge is 2.11. The molecule has 1 heterocycles. The summed E-state index contributed by atoms with van der Waals surface area (Å²) in [4.78, 5) is 16.7. The number of nitrogens with zero attached hydrogens (tertiary/aromatic N) is 1. The second kappa shape index (κ2) is 7.83. The van der Waals surface area contributed by atoms with E-state index in [-0.39, 0.29) is 12.5 Å². The Labute approximate surface area is 170 Å². The van der Waals surface area contributed by atoms with E-state index < -0.39 is 0 Å². The second-order valence-electron chi connectivity index (χ2n) is 6.88. The lowest BCUT2D eigenvalue weighted by atomic mass is 9.94. The highest BCUT2D eigenvalue weighted by atomic mass is 16.5. The zero-order valence-electron chi connectivity index (χ0n) is 16.2. The number of benzene rings is 3. The first-order valence-electron chi connectivity index (χ1n) is 9.25. The standard InChI is InChI=1S/C23H19BN2O3/c1-14-5-3-4-6-20(14)28-13-21(27)25-18-9-7-16(8-10-18)23-26-19-12-17(24)11-15(2)22(19)29-23/h3-12H,13H2,1-2H3,(H,25,27). The van der Waals surface area contributed by atoms with Crippen LogP contribution in [0.15, 0.2) is 65.1 Å². The van der Waals surface area contributed by atoms with E-state index in [0.717, 1.165) is 27.8 Å². The average molecular weight is 382 g/mol. The number of aryl methyl sites for hydroxylation is 2. The van der Waals surface area contributed by atoms with Crippen LogP contribution in [0.4, 0.5) is 5.69 Å². The fraction of sp³-hybridized carbons (Fsp3) is 0.130. The molecular weight excluding hydrogens is 363 g/mol. The Morgan fingerprint density at radius 2 is 1.83 bits per heavy atom. The van der Waals surface area contributed by atoms with Gasteiger partial charge in [-0.25, -0.2) is 4.98 Å². The average Bonchev–Trinajstić information content (AvgIpc) is 3.12. The maximum atomic E-state index is 12.2. The van der Waals surface area contributed by atoms with E-state index >= 15 is 0 Å². The molecule has 0 aliphatic heterocycles. The monoisotopic (exact) mass is 382 g/mol. The molecule has 6 heteroatoms. The fourth-order valence-corrected chi connectivity index (χ4v) is 3.11. The summed E-state index contributed by atoms with van der Waals surface area (Å²) in [6, 6.07) is 18.5. The normalized spacial score (nSPS) is 10.8. The van der Waals surface area contributed by atoms with E-state index in [1.165, 1.54) is 0 Å². The third-order valence-corrected chi connectivity index (χ3v) is 4.57. The first kappa shape index (κ1) is 18.8. The Hall–Kier alpha value is -3.54. The maximum Gasteiger partial charge on any atom is 0.262 e. The predicted molar refractivity (Wildman–Crippen MR) is 115 cm³/mol. The molecule has 0 fully saturated rings. The zero-order valence-corrected chi connectivity index (χ0v) is 16.2. The van der Waals surface area contributed by atoms with Gasteiger partial charge in [-0.2, -0.15) is 0 Å². The number of ether oxygens (including phenoxy) is 1. The fourth-order valence-electron chi connectivity index (χ4n) is 3.11. The van der Waals surface area contributed by atoms with Crippen molar-refractivity contribution in [3.05, 3.63) is 71.8 Å². The van der Waals surface area contributed by atoms with E-state index in [9.17, 15) is 4.79 Å². The van der Waals surface area contributed by atoms with Crippen LogP contribution in [0.5, 0.6) is 5.75 Å². The lowest BCUT2D eigenvalue weighted by molar-refractivity contribution is -0.118. The van der Waals surface area contributed by atoms with E-state index in [4.69, 9.17) is 17.0 Å². The van der Waals surface area contributed by atoms with Gasteiger partial charge in [-0.15, -0.1) is 0 Å². The summed E-state index contributed by atoms with van der Waals surface area (Å²) in [7, 11) is 5.88. The first-order valence-corrected chi connectivity index (χ1v) is 9.25. The smallest absolute Gasteiger partial charge is 0.262 e. The number of anilines is 1. The molecule has 4 aromatic rings. The number of para-hydroxylation sites is 1.